The molecule has 7 nitrogen and oxygen atoms in total. The Morgan fingerprint density at radius 2 is 2.04 bits per heavy atom. The molecule has 0 saturated heterocycles. The number of hydrogen-bond acceptors (Lipinski definition) is 5. The number of carbonyl (C=O) groups is 1. The zero-order valence-electron chi connectivity index (χ0n) is 13.8. The molecule has 0 aliphatic carbocycles. The van der Waals surface area contributed by atoms with Crippen LogP contribution in [-0.2, 0) is 30.6 Å². The average Bonchev–Trinajstić information content (AvgIpc) is 3.12. The highest BCUT2D eigenvalue weighted by atomic mass is 32.2. The Bertz CT molecular complexity index is 869. The molecule has 0 atom stereocenters. The van der Waals surface area contributed by atoms with Crippen LogP contribution in [0, 0.1) is 0 Å². The average molecular weight is 344 g/mol. The Morgan fingerprint density at radius 3 is 2.75 bits per heavy atom. The van der Waals surface area contributed by atoms with Crippen LogP contribution < -0.4 is 5.73 Å². The topological polar surface area (TPSA) is 91.6 Å². The molecule has 0 unspecified atom stereocenters. The summed E-state index contributed by atoms with van der Waals surface area (Å²) in [7, 11) is 2.02. The number of amides is 1. The second-order valence-electron chi connectivity index (χ2n) is 5.47. The minimum Gasteiger partial charge on any atom is -0.370 e. The van der Waals surface area contributed by atoms with Gasteiger partial charge in [-0.2, -0.15) is 0 Å². The summed E-state index contributed by atoms with van der Waals surface area (Å²) >= 11 is 1.60. The number of benzene rings is 1. The molecule has 3 aromatic rings. The summed E-state index contributed by atoms with van der Waals surface area (Å²) < 4.78 is 4.12. The lowest BCUT2D eigenvalue weighted by molar-refractivity contribution is -0.118. The fourth-order valence-electron chi connectivity index (χ4n) is 2.62. The van der Waals surface area contributed by atoms with Crippen LogP contribution in [0.2, 0.25) is 0 Å². The number of aromatic nitrogens is 5. The number of para-hydroxylation sites is 2. The molecule has 0 aliphatic rings. The Labute approximate surface area is 144 Å². The van der Waals surface area contributed by atoms with E-state index in [-0.39, 0.29) is 12.3 Å². The number of fused-ring (bicyclic) bond motifs is 1. The SMILES string of the molecule is CCn1c(CCC(N)=O)nnc1SCc1nc2ccccc2n1C. The third-order valence-electron chi connectivity index (χ3n) is 3.91. The molecule has 1 amide bonds. The number of imidazole rings is 1. The predicted octanol–water partition coefficient (Wildman–Crippen LogP) is 1.89. The summed E-state index contributed by atoms with van der Waals surface area (Å²) in [5.74, 6) is 2.17. The number of rotatable bonds is 7. The van der Waals surface area contributed by atoms with Gasteiger partial charge in [0, 0.05) is 26.4 Å². The van der Waals surface area contributed by atoms with Gasteiger partial charge >= 0.3 is 0 Å². The van der Waals surface area contributed by atoms with E-state index in [1.165, 1.54) is 0 Å². The van der Waals surface area contributed by atoms with Gasteiger partial charge in [0.1, 0.15) is 11.6 Å². The van der Waals surface area contributed by atoms with Crippen molar-refractivity contribution in [2.45, 2.75) is 37.2 Å². The van der Waals surface area contributed by atoms with Crippen molar-refractivity contribution in [1.82, 2.24) is 24.3 Å². The number of aryl methyl sites for hydroxylation is 2. The zero-order chi connectivity index (χ0) is 17.1. The molecule has 0 fully saturated rings. The molecule has 0 aliphatic heterocycles. The summed E-state index contributed by atoms with van der Waals surface area (Å²) in [5, 5.41) is 9.28. The van der Waals surface area contributed by atoms with E-state index >= 15 is 0 Å². The largest absolute Gasteiger partial charge is 0.370 e. The molecule has 2 aromatic heterocycles. The highest BCUT2D eigenvalue weighted by molar-refractivity contribution is 7.98. The van der Waals surface area contributed by atoms with Crippen molar-refractivity contribution < 1.29 is 4.79 Å². The van der Waals surface area contributed by atoms with E-state index in [1.54, 1.807) is 11.8 Å². The van der Waals surface area contributed by atoms with Crippen molar-refractivity contribution in [3.05, 3.63) is 35.9 Å². The standard InChI is InChI=1S/C16H20N6OS/c1-3-22-14(9-8-13(17)23)19-20-16(22)24-10-15-18-11-6-4-5-7-12(11)21(15)2/h4-7H,3,8-10H2,1-2H3,(H2,17,23). The maximum atomic E-state index is 11.0. The minimum absolute atomic E-state index is 0.285. The number of thioether (sulfide) groups is 1. The van der Waals surface area contributed by atoms with Gasteiger partial charge < -0.3 is 14.9 Å². The summed E-state index contributed by atoms with van der Waals surface area (Å²) in [6, 6.07) is 8.08. The first-order valence-corrected chi connectivity index (χ1v) is 8.82. The van der Waals surface area contributed by atoms with Crippen molar-refractivity contribution in [1.29, 1.82) is 0 Å². The molecule has 0 saturated carbocycles. The fourth-order valence-corrected chi connectivity index (χ4v) is 3.62. The summed E-state index contributed by atoms with van der Waals surface area (Å²) in [6.07, 6.45) is 0.802. The van der Waals surface area contributed by atoms with E-state index in [4.69, 9.17) is 5.73 Å². The maximum Gasteiger partial charge on any atom is 0.217 e. The van der Waals surface area contributed by atoms with Crippen LogP contribution >= 0.6 is 11.8 Å². The maximum absolute atomic E-state index is 11.0. The molecular formula is C16H20N6OS. The van der Waals surface area contributed by atoms with Crippen LogP contribution in [0.4, 0.5) is 0 Å². The molecule has 24 heavy (non-hydrogen) atoms. The third-order valence-corrected chi connectivity index (χ3v) is 4.88. The third kappa shape index (κ3) is 3.28. The van der Waals surface area contributed by atoms with Gasteiger partial charge in [-0.05, 0) is 19.1 Å². The predicted molar refractivity (Wildman–Crippen MR) is 93.5 cm³/mol. The van der Waals surface area contributed by atoms with Gasteiger partial charge in [0.05, 0.1) is 16.8 Å². The zero-order valence-corrected chi connectivity index (χ0v) is 14.6. The molecule has 0 bridgehead atoms. The first-order chi connectivity index (χ1) is 11.6. The normalized spacial score (nSPS) is 11.2. The summed E-state index contributed by atoms with van der Waals surface area (Å²) in [6.45, 7) is 2.79. The van der Waals surface area contributed by atoms with Gasteiger partial charge in [0.25, 0.3) is 0 Å². The molecule has 2 N–H and O–H groups in total. The van der Waals surface area contributed by atoms with Gasteiger partial charge in [0.15, 0.2) is 5.16 Å². The van der Waals surface area contributed by atoms with E-state index < -0.39 is 0 Å². The van der Waals surface area contributed by atoms with Crippen molar-refractivity contribution in [3.8, 4) is 0 Å². The smallest absolute Gasteiger partial charge is 0.217 e. The monoisotopic (exact) mass is 344 g/mol. The van der Waals surface area contributed by atoms with Crippen LogP contribution in [0.3, 0.4) is 0 Å². The van der Waals surface area contributed by atoms with E-state index in [9.17, 15) is 4.79 Å². The highest BCUT2D eigenvalue weighted by Crippen LogP contribution is 2.24. The number of primary amides is 1. The van der Waals surface area contributed by atoms with Crippen LogP contribution in [0.1, 0.15) is 25.0 Å². The van der Waals surface area contributed by atoms with Crippen LogP contribution in [0.5, 0.6) is 0 Å². The van der Waals surface area contributed by atoms with Gasteiger partial charge in [-0.25, -0.2) is 4.98 Å². The Kier molecular flexibility index (Phi) is 4.84. The van der Waals surface area contributed by atoms with Crippen molar-refractivity contribution >= 4 is 28.7 Å². The molecule has 0 radical (unpaired) electrons. The fraction of sp³-hybridized carbons (Fsp3) is 0.375. The molecule has 2 heterocycles. The molecule has 1 aromatic carbocycles. The molecule has 3 rings (SSSR count). The van der Waals surface area contributed by atoms with Gasteiger partial charge in [-0.1, -0.05) is 23.9 Å². The first kappa shape index (κ1) is 16.5. The summed E-state index contributed by atoms with van der Waals surface area (Å²) in [4.78, 5) is 15.6. The lowest BCUT2D eigenvalue weighted by Crippen LogP contribution is -2.13. The quantitative estimate of drug-likeness (QED) is 0.661. The molecule has 8 heteroatoms. The number of carbonyl (C=O) groups excluding carboxylic acids is 1. The molecule has 0 spiro atoms. The Balaban J connectivity index is 1.76. The van der Waals surface area contributed by atoms with Gasteiger partial charge in [0.2, 0.25) is 5.91 Å². The molecule has 126 valence electrons. The minimum atomic E-state index is -0.324. The van der Waals surface area contributed by atoms with Crippen LogP contribution in [-0.4, -0.2) is 30.2 Å². The number of hydrogen-bond donors (Lipinski definition) is 1. The van der Waals surface area contributed by atoms with Crippen molar-refractivity contribution in [2.24, 2.45) is 12.8 Å². The second kappa shape index (κ2) is 7.04. The summed E-state index contributed by atoms with van der Waals surface area (Å²) in [5.41, 5.74) is 7.33. The van der Waals surface area contributed by atoms with Crippen molar-refractivity contribution in [2.75, 3.05) is 0 Å². The lowest BCUT2D eigenvalue weighted by Gasteiger charge is -2.06. The van der Waals surface area contributed by atoms with Gasteiger partial charge in [-0.15, -0.1) is 10.2 Å². The van der Waals surface area contributed by atoms with E-state index in [0.29, 0.717) is 12.2 Å². The second-order valence-corrected chi connectivity index (χ2v) is 6.42. The molecular weight excluding hydrogens is 324 g/mol. The number of nitrogens with zero attached hydrogens (tertiary/aromatic N) is 5. The van der Waals surface area contributed by atoms with Gasteiger partial charge in [-0.3, -0.25) is 4.79 Å². The highest BCUT2D eigenvalue weighted by Gasteiger charge is 2.14. The van der Waals surface area contributed by atoms with E-state index in [2.05, 4.69) is 25.8 Å². The van der Waals surface area contributed by atoms with E-state index in [1.807, 2.05) is 36.7 Å². The van der Waals surface area contributed by atoms with Crippen molar-refractivity contribution in [3.63, 3.8) is 0 Å². The van der Waals surface area contributed by atoms with Crippen LogP contribution in [0.15, 0.2) is 29.4 Å². The van der Waals surface area contributed by atoms with E-state index in [0.717, 1.165) is 34.4 Å². The first-order valence-electron chi connectivity index (χ1n) is 7.83. The Morgan fingerprint density at radius 1 is 1.25 bits per heavy atom. The van der Waals surface area contributed by atoms with Crippen LogP contribution in [0.25, 0.3) is 11.0 Å². The number of nitrogens with two attached hydrogens (primary N) is 1. The lowest BCUT2D eigenvalue weighted by atomic mass is 10.3. The Hall–Kier alpha value is -2.35.